The summed E-state index contributed by atoms with van der Waals surface area (Å²) in [6, 6.07) is 34.4. The van der Waals surface area contributed by atoms with Crippen LogP contribution in [-0.2, 0) is 0 Å². The van der Waals surface area contributed by atoms with Crippen molar-refractivity contribution < 1.29 is 14.2 Å². The van der Waals surface area contributed by atoms with Crippen LogP contribution in [0.5, 0.6) is 17.2 Å². The highest BCUT2D eigenvalue weighted by molar-refractivity contribution is 5.95. The van der Waals surface area contributed by atoms with Crippen LogP contribution in [0.25, 0.3) is 5.76 Å². The van der Waals surface area contributed by atoms with Gasteiger partial charge in [-0.2, -0.15) is 0 Å². The number of ether oxygens (including phenoxy) is 3. The first-order valence-electron chi connectivity index (χ1n) is 11.2. The second-order valence-electron chi connectivity index (χ2n) is 7.93. The van der Waals surface area contributed by atoms with Crippen molar-refractivity contribution in [3.05, 3.63) is 125 Å². The van der Waals surface area contributed by atoms with E-state index in [0.29, 0.717) is 11.5 Å². The zero-order valence-corrected chi connectivity index (χ0v) is 19.1. The molecule has 1 heterocycles. The minimum absolute atomic E-state index is 0.0401. The molecule has 0 amide bonds. The summed E-state index contributed by atoms with van der Waals surface area (Å²) in [5.74, 6) is 2.85. The number of hydrogen-bond acceptors (Lipinski definition) is 4. The summed E-state index contributed by atoms with van der Waals surface area (Å²) in [6.07, 6.45) is 1.93. The van der Waals surface area contributed by atoms with E-state index in [9.17, 15) is 0 Å². The first-order chi connectivity index (χ1) is 16.8. The van der Waals surface area contributed by atoms with Gasteiger partial charge >= 0.3 is 0 Å². The summed E-state index contributed by atoms with van der Waals surface area (Å²) < 4.78 is 17.6. The van der Waals surface area contributed by atoms with Crippen LogP contribution in [0.3, 0.4) is 0 Å². The van der Waals surface area contributed by atoms with Gasteiger partial charge in [-0.3, -0.25) is 4.99 Å². The van der Waals surface area contributed by atoms with Crippen LogP contribution in [0.4, 0.5) is 5.69 Å². The highest BCUT2D eigenvalue weighted by Crippen LogP contribution is 2.46. The molecule has 0 spiro atoms. The van der Waals surface area contributed by atoms with Crippen LogP contribution in [0.1, 0.15) is 22.6 Å². The van der Waals surface area contributed by atoms with Gasteiger partial charge in [0.25, 0.3) is 0 Å². The van der Waals surface area contributed by atoms with Gasteiger partial charge in [-0.15, -0.1) is 0 Å². The third-order valence-corrected chi connectivity index (χ3v) is 5.90. The second-order valence-corrected chi connectivity index (χ2v) is 7.93. The topological polar surface area (TPSA) is 40.0 Å². The number of para-hydroxylation sites is 2. The molecule has 0 bridgehead atoms. The highest BCUT2D eigenvalue weighted by atomic mass is 16.5. The number of hydrogen-bond donors (Lipinski definition) is 0. The van der Waals surface area contributed by atoms with E-state index >= 15 is 0 Å². The molecule has 4 aromatic rings. The quantitative estimate of drug-likeness (QED) is 0.298. The molecule has 1 aliphatic heterocycles. The smallest absolute Gasteiger partial charge is 0.161 e. The number of allylic oxidation sites excluding steroid dienone is 1. The molecule has 5 rings (SSSR count). The minimum atomic E-state index is -0.0401. The van der Waals surface area contributed by atoms with E-state index in [1.165, 1.54) is 5.56 Å². The summed E-state index contributed by atoms with van der Waals surface area (Å²) in [5, 5.41) is 0. The van der Waals surface area contributed by atoms with Crippen molar-refractivity contribution in [3.8, 4) is 17.2 Å². The molecular weight excluding hydrogens is 422 g/mol. The maximum Gasteiger partial charge on any atom is 0.161 e. The van der Waals surface area contributed by atoms with Crippen LogP contribution >= 0.6 is 0 Å². The molecule has 0 saturated heterocycles. The summed E-state index contributed by atoms with van der Waals surface area (Å²) >= 11 is 0. The van der Waals surface area contributed by atoms with Gasteiger partial charge in [0.15, 0.2) is 11.5 Å². The fourth-order valence-electron chi connectivity index (χ4n) is 4.28. The number of fused-ring (bicyclic) bond motifs is 1. The second kappa shape index (κ2) is 9.67. The van der Waals surface area contributed by atoms with Crippen LogP contribution in [0, 0.1) is 0 Å². The molecule has 0 aromatic heterocycles. The number of methoxy groups -OCH3 is 2. The summed E-state index contributed by atoms with van der Waals surface area (Å²) in [6.45, 7) is 0. The van der Waals surface area contributed by atoms with E-state index in [4.69, 9.17) is 19.2 Å². The fourth-order valence-corrected chi connectivity index (χ4v) is 4.28. The summed E-state index contributed by atoms with van der Waals surface area (Å²) in [5.41, 5.74) is 5.02. The molecule has 1 aliphatic rings. The molecular formula is C30H25NO3. The van der Waals surface area contributed by atoms with Gasteiger partial charge in [0.05, 0.1) is 19.9 Å². The number of nitrogens with zero attached hydrogens (tertiary/aromatic N) is 1. The van der Waals surface area contributed by atoms with Crippen LogP contribution in [-0.4, -0.2) is 20.4 Å². The molecule has 0 aliphatic carbocycles. The third-order valence-electron chi connectivity index (χ3n) is 5.90. The molecule has 0 radical (unpaired) electrons. The molecule has 0 N–H and O–H groups in total. The summed E-state index contributed by atoms with van der Waals surface area (Å²) in [7, 11) is 3.27. The SMILES string of the molecule is COc1ccc(C2=C(C=Nc3ccccc3)C(c3ccccc3)c3ccccc3O2)cc1OC. The van der Waals surface area contributed by atoms with E-state index < -0.39 is 0 Å². The Labute approximate surface area is 199 Å². The average Bonchev–Trinajstić information content (AvgIpc) is 2.91. The Bertz CT molecular complexity index is 1340. The maximum absolute atomic E-state index is 6.54. The minimum Gasteiger partial charge on any atom is -0.493 e. The Morgan fingerprint density at radius 3 is 2.15 bits per heavy atom. The first kappa shape index (κ1) is 21.5. The van der Waals surface area contributed by atoms with Gasteiger partial charge in [-0.25, -0.2) is 0 Å². The van der Waals surface area contributed by atoms with Gasteiger partial charge < -0.3 is 14.2 Å². The zero-order valence-electron chi connectivity index (χ0n) is 19.1. The predicted octanol–water partition coefficient (Wildman–Crippen LogP) is 7.04. The fraction of sp³-hybridized carbons (Fsp3) is 0.100. The normalized spacial score (nSPS) is 15.1. The Morgan fingerprint density at radius 1 is 0.735 bits per heavy atom. The molecule has 0 saturated carbocycles. The van der Waals surface area contributed by atoms with Gasteiger partial charge in [-0.1, -0.05) is 66.7 Å². The molecule has 0 fully saturated rings. The van der Waals surface area contributed by atoms with E-state index in [1.54, 1.807) is 14.2 Å². The highest BCUT2D eigenvalue weighted by Gasteiger charge is 2.31. The van der Waals surface area contributed by atoms with Crippen molar-refractivity contribution >= 4 is 17.7 Å². The molecule has 1 unspecified atom stereocenters. The standard InChI is InChI=1S/C30H25NO3/c1-32-27-18-17-22(19-28(27)33-2)30-25(20-31-23-13-7-4-8-14-23)29(21-11-5-3-6-12-21)24-15-9-10-16-26(24)34-30/h3-20,29H,1-2H3. The Morgan fingerprint density at radius 2 is 1.41 bits per heavy atom. The average molecular weight is 448 g/mol. The molecule has 4 heteroatoms. The Kier molecular flexibility index (Phi) is 6.13. The Hall–Kier alpha value is -4.31. The lowest BCUT2D eigenvalue weighted by atomic mass is 9.81. The van der Waals surface area contributed by atoms with E-state index in [1.807, 2.05) is 79.0 Å². The largest absolute Gasteiger partial charge is 0.493 e. The van der Waals surface area contributed by atoms with Crippen molar-refractivity contribution in [2.75, 3.05) is 14.2 Å². The molecule has 34 heavy (non-hydrogen) atoms. The summed E-state index contributed by atoms with van der Waals surface area (Å²) in [4.78, 5) is 4.81. The molecule has 4 nitrogen and oxygen atoms in total. The lowest BCUT2D eigenvalue weighted by Crippen LogP contribution is -2.17. The van der Waals surface area contributed by atoms with E-state index in [-0.39, 0.29) is 5.92 Å². The lowest BCUT2D eigenvalue weighted by molar-refractivity contribution is 0.354. The molecule has 1 atom stereocenters. The maximum atomic E-state index is 6.54. The van der Waals surface area contributed by atoms with Gasteiger partial charge in [0, 0.05) is 28.8 Å². The van der Waals surface area contributed by atoms with Crippen molar-refractivity contribution in [3.63, 3.8) is 0 Å². The predicted molar refractivity (Wildman–Crippen MR) is 136 cm³/mol. The van der Waals surface area contributed by atoms with Crippen LogP contribution in [0.15, 0.2) is 114 Å². The van der Waals surface area contributed by atoms with E-state index in [0.717, 1.165) is 33.9 Å². The van der Waals surface area contributed by atoms with Crippen LogP contribution < -0.4 is 14.2 Å². The van der Waals surface area contributed by atoms with Crippen molar-refractivity contribution in [1.82, 2.24) is 0 Å². The van der Waals surface area contributed by atoms with Crippen molar-refractivity contribution in [2.24, 2.45) is 4.99 Å². The van der Waals surface area contributed by atoms with E-state index in [2.05, 4.69) is 30.3 Å². The molecule has 4 aromatic carbocycles. The number of benzene rings is 4. The van der Waals surface area contributed by atoms with Crippen molar-refractivity contribution in [1.29, 1.82) is 0 Å². The number of rotatable bonds is 6. The molecule has 168 valence electrons. The number of aliphatic imine (C=N–C) groups is 1. The van der Waals surface area contributed by atoms with Crippen LogP contribution in [0.2, 0.25) is 0 Å². The van der Waals surface area contributed by atoms with Gasteiger partial charge in [0.2, 0.25) is 0 Å². The monoisotopic (exact) mass is 447 g/mol. The zero-order chi connectivity index (χ0) is 23.3. The van der Waals surface area contributed by atoms with Gasteiger partial charge in [-0.05, 0) is 42.0 Å². The third kappa shape index (κ3) is 4.18. The first-order valence-corrected chi connectivity index (χ1v) is 11.2. The Balaban J connectivity index is 1.74. The lowest BCUT2D eigenvalue weighted by Gasteiger charge is -2.30. The van der Waals surface area contributed by atoms with Crippen molar-refractivity contribution in [2.45, 2.75) is 5.92 Å². The van der Waals surface area contributed by atoms with Gasteiger partial charge in [0.1, 0.15) is 11.5 Å².